The van der Waals surface area contributed by atoms with Gasteiger partial charge in [-0.3, -0.25) is 10.1 Å². The zero-order chi connectivity index (χ0) is 19.9. The van der Waals surface area contributed by atoms with Crippen LogP contribution in [-0.2, 0) is 11.3 Å². The number of likely N-dealkylation sites (N-methyl/N-ethyl adjacent to an activating group) is 1. The van der Waals surface area contributed by atoms with Crippen molar-refractivity contribution in [1.29, 1.82) is 0 Å². The van der Waals surface area contributed by atoms with Crippen molar-refractivity contribution < 1.29 is 14.4 Å². The molecule has 0 unspecified atom stereocenters. The standard InChI is InChI=1S/C22H28N4O2/c1-4-25(5-2)14-15-26-19-12-8-7-11-18(19)23-22(26)24-21(27)16-28-20-13-9-6-10-17(20)3/h6-13H,4-5,14-16H2,1-3H3,(H,23,24,27)/p+1. The van der Waals surface area contributed by atoms with Gasteiger partial charge in [-0.25, -0.2) is 4.98 Å². The highest BCUT2D eigenvalue weighted by molar-refractivity contribution is 5.92. The third-order valence-electron chi connectivity index (χ3n) is 5.05. The summed E-state index contributed by atoms with van der Waals surface area (Å²) in [6, 6.07) is 15.6. The molecule has 6 heteroatoms. The molecule has 1 amide bonds. The van der Waals surface area contributed by atoms with E-state index in [0.717, 1.165) is 48.5 Å². The number of para-hydroxylation sites is 3. The Morgan fingerprint density at radius 2 is 1.82 bits per heavy atom. The van der Waals surface area contributed by atoms with Crippen LogP contribution >= 0.6 is 0 Å². The molecule has 2 aromatic carbocycles. The normalized spacial score (nSPS) is 11.1. The molecular formula is C22H29N4O2+. The molecule has 0 saturated heterocycles. The molecule has 0 radical (unpaired) electrons. The fraction of sp³-hybridized carbons (Fsp3) is 0.364. The van der Waals surface area contributed by atoms with Gasteiger partial charge in [0.15, 0.2) is 6.61 Å². The number of carbonyl (C=O) groups excluding carboxylic acids is 1. The fourth-order valence-corrected chi connectivity index (χ4v) is 3.29. The van der Waals surface area contributed by atoms with Gasteiger partial charge >= 0.3 is 0 Å². The Morgan fingerprint density at radius 1 is 1.11 bits per heavy atom. The number of carbonyl (C=O) groups is 1. The van der Waals surface area contributed by atoms with E-state index < -0.39 is 0 Å². The van der Waals surface area contributed by atoms with Crippen molar-refractivity contribution >= 4 is 22.9 Å². The van der Waals surface area contributed by atoms with E-state index in [-0.39, 0.29) is 12.5 Å². The highest BCUT2D eigenvalue weighted by Gasteiger charge is 2.15. The summed E-state index contributed by atoms with van der Waals surface area (Å²) >= 11 is 0. The van der Waals surface area contributed by atoms with E-state index in [1.807, 2.05) is 55.5 Å². The van der Waals surface area contributed by atoms with E-state index in [4.69, 9.17) is 4.74 Å². The average Bonchev–Trinajstić information content (AvgIpc) is 3.05. The van der Waals surface area contributed by atoms with E-state index in [1.165, 1.54) is 4.90 Å². The first-order chi connectivity index (χ1) is 13.6. The van der Waals surface area contributed by atoms with Crippen LogP contribution in [0.25, 0.3) is 11.0 Å². The lowest BCUT2D eigenvalue weighted by Crippen LogP contribution is -3.11. The van der Waals surface area contributed by atoms with E-state index in [1.54, 1.807) is 0 Å². The van der Waals surface area contributed by atoms with E-state index in [0.29, 0.717) is 5.95 Å². The Morgan fingerprint density at radius 3 is 2.57 bits per heavy atom. The molecule has 0 fully saturated rings. The maximum absolute atomic E-state index is 12.5. The minimum Gasteiger partial charge on any atom is -0.483 e. The van der Waals surface area contributed by atoms with E-state index in [2.05, 4.69) is 28.7 Å². The first kappa shape index (κ1) is 19.9. The number of imidazole rings is 1. The number of fused-ring (bicyclic) bond motifs is 1. The SMILES string of the molecule is CC[NH+](CC)CCn1c(NC(=O)COc2ccccc2C)nc2ccccc21. The minimum absolute atomic E-state index is 0.0463. The predicted octanol–water partition coefficient (Wildman–Crippen LogP) is 2.29. The Labute approximate surface area is 166 Å². The number of aryl methyl sites for hydroxylation is 1. The Balaban J connectivity index is 1.73. The van der Waals surface area contributed by atoms with Crippen LogP contribution in [0.3, 0.4) is 0 Å². The lowest BCUT2D eigenvalue weighted by atomic mass is 10.2. The average molecular weight is 382 g/mol. The number of amides is 1. The van der Waals surface area contributed by atoms with Crippen LogP contribution < -0.4 is 15.0 Å². The van der Waals surface area contributed by atoms with Gasteiger partial charge in [0.05, 0.1) is 37.2 Å². The van der Waals surface area contributed by atoms with Gasteiger partial charge in [0.1, 0.15) is 5.75 Å². The van der Waals surface area contributed by atoms with Crippen LogP contribution in [-0.4, -0.2) is 41.7 Å². The van der Waals surface area contributed by atoms with Crippen molar-refractivity contribution in [3.8, 4) is 5.75 Å². The molecule has 1 heterocycles. The zero-order valence-corrected chi connectivity index (χ0v) is 16.9. The number of anilines is 1. The summed E-state index contributed by atoms with van der Waals surface area (Å²) < 4.78 is 7.75. The second-order valence-corrected chi connectivity index (χ2v) is 6.89. The molecule has 6 nitrogen and oxygen atoms in total. The maximum atomic E-state index is 12.5. The Bertz CT molecular complexity index is 931. The largest absolute Gasteiger partial charge is 0.483 e. The number of nitrogens with one attached hydrogen (secondary N) is 2. The smallest absolute Gasteiger partial charge is 0.264 e. The molecule has 0 spiro atoms. The lowest BCUT2D eigenvalue weighted by Gasteiger charge is -2.17. The van der Waals surface area contributed by atoms with Crippen molar-refractivity contribution in [2.45, 2.75) is 27.3 Å². The number of benzene rings is 2. The molecule has 0 aliphatic rings. The summed E-state index contributed by atoms with van der Waals surface area (Å²) in [5.41, 5.74) is 2.92. The molecule has 0 bridgehead atoms. The van der Waals surface area contributed by atoms with Crippen molar-refractivity contribution in [3.05, 3.63) is 54.1 Å². The molecule has 0 saturated carbocycles. The molecule has 1 aromatic heterocycles. The highest BCUT2D eigenvalue weighted by atomic mass is 16.5. The van der Waals surface area contributed by atoms with Gasteiger partial charge in [-0.1, -0.05) is 30.3 Å². The third-order valence-corrected chi connectivity index (χ3v) is 5.05. The first-order valence-corrected chi connectivity index (χ1v) is 9.89. The van der Waals surface area contributed by atoms with Crippen molar-refractivity contribution in [2.24, 2.45) is 0 Å². The van der Waals surface area contributed by atoms with Gasteiger partial charge in [0.2, 0.25) is 5.95 Å². The summed E-state index contributed by atoms with van der Waals surface area (Å²) in [4.78, 5) is 18.6. The summed E-state index contributed by atoms with van der Waals surface area (Å²) in [5, 5.41) is 2.93. The molecule has 148 valence electrons. The second kappa shape index (κ2) is 9.37. The third kappa shape index (κ3) is 4.70. The number of hydrogen-bond acceptors (Lipinski definition) is 3. The Kier molecular flexibility index (Phi) is 6.66. The summed E-state index contributed by atoms with van der Waals surface area (Å²) in [6.07, 6.45) is 0. The molecule has 3 rings (SSSR count). The lowest BCUT2D eigenvalue weighted by molar-refractivity contribution is -0.897. The molecule has 0 aliphatic heterocycles. The fourth-order valence-electron chi connectivity index (χ4n) is 3.29. The van der Waals surface area contributed by atoms with Crippen LogP contribution in [0.15, 0.2) is 48.5 Å². The van der Waals surface area contributed by atoms with Crippen molar-refractivity contribution in [1.82, 2.24) is 9.55 Å². The molecule has 3 aromatic rings. The van der Waals surface area contributed by atoms with Crippen LogP contribution in [0.2, 0.25) is 0 Å². The molecular weight excluding hydrogens is 352 g/mol. The number of ether oxygens (including phenoxy) is 1. The zero-order valence-electron chi connectivity index (χ0n) is 16.9. The number of quaternary nitrogens is 1. The van der Waals surface area contributed by atoms with E-state index in [9.17, 15) is 4.79 Å². The monoisotopic (exact) mass is 381 g/mol. The minimum atomic E-state index is -0.213. The molecule has 2 N–H and O–H groups in total. The first-order valence-electron chi connectivity index (χ1n) is 9.89. The van der Waals surface area contributed by atoms with Gasteiger partial charge < -0.3 is 14.2 Å². The van der Waals surface area contributed by atoms with Crippen LogP contribution in [0.4, 0.5) is 5.95 Å². The van der Waals surface area contributed by atoms with Gasteiger partial charge in [0.25, 0.3) is 5.91 Å². The summed E-state index contributed by atoms with van der Waals surface area (Å²) in [7, 11) is 0. The van der Waals surface area contributed by atoms with Gasteiger partial charge in [0, 0.05) is 0 Å². The van der Waals surface area contributed by atoms with Crippen LogP contribution in [0.5, 0.6) is 5.75 Å². The number of nitrogens with zero attached hydrogens (tertiary/aromatic N) is 2. The number of rotatable bonds is 9. The van der Waals surface area contributed by atoms with E-state index >= 15 is 0 Å². The molecule has 0 atom stereocenters. The molecule has 0 aliphatic carbocycles. The second-order valence-electron chi connectivity index (χ2n) is 6.89. The van der Waals surface area contributed by atoms with Crippen LogP contribution in [0, 0.1) is 6.92 Å². The van der Waals surface area contributed by atoms with Crippen LogP contribution in [0.1, 0.15) is 19.4 Å². The summed E-state index contributed by atoms with van der Waals surface area (Å²) in [6.45, 7) is 10.2. The van der Waals surface area contributed by atoms with Crippen molar-refractivity contribution in [3.63, 3.8) is 0 Å². The molecule has 28 heavy (non-hydrogen) atoms. The number of hydrogen-bond donors (Lipinski definition) is 2. The van der Waals surface area contributed by atoms with Gasteiger partial charge in [-0.2, -0.15) is 0 Å². The maximum Gasteiger partial charge on any atom is 0.264 e. The van der Waals surface area contributed by atoms with Crippen molar-refractivity contribution in [2.75, 3.05) is 31.6 Å². The highest BCUT2D eigenvalue weighted by Crippen LogP contribution is 2.20. The topological polar surface area (TPSA) is 60.6 Å². The summed E-state index contributed by atoms with van der Waals surface area (Å²) in [5.74, 6) is 1.08. The van der Waals surface area contributed by atoms with Gasteiger partial charge in [-0.15, -0.1) is 0 Å². The Hall–Kier alpha value is -2.86. The number of aromatic nitrogens is 2. The van der Waals surface area contributed by atoms with Gasteiger partial charge in [-0.05, 0) is 44.5 Å². The quantitative estimate of drug-likeness (QED) is 0.598. The predicted molar refractivity (Wildman–Crippen MR) is 112 cm³/mol.